The molecule has 1 aromatic heterocycles. The highest BCUT2D eigenvalue weighted by Gasteiger charge is 2.09. The summed E-state index contributed by atoms with van der Waals surface area (Å²) in [7, 11) is 1.68. The number of nitrogens with zero attached hydrogens (tertiary/aromatic N) is 1. The Morgan fingerprint density at radius 1 is 1.11 bits per heavy atom. The molecule has 0 amide bonds. The summed E-state index contributed by atoms with van der Waals surface area (Å²) in [6.07, 6.45) is 1.84. The third kappa shape index (κ3) is 1.55. The normalized spacial score (nSPS) is 11.0. The number of methoxy groups -OCH3 is 1. The number of ether oxygens (including phenoxy) is 1. The molecule has 0 aliphatic carbocycles. The molecule has 0 bridgehead atoms. The van der Waals surface area contributed by atoms with E-state index in [4.69, 9.17) is 4.74 Å². The average molecular weight is 302 g/mol. The molecule has 0 saturated heterocycles. The first-order chi connectivity index (χ1) is 8.74. The minimum Gasteiger partial charge on any atom is -0.497 e. The van der Waals surface area contributed by atoms with Crippen molar-refractivity contribution in [2.24, 2.45) is 0 Å². The topological polar surface area (TPSA) is 14.2 Å². The molecule has 90 valence electrons. The van der Waals surface area contributed by atoms with E-state index in [0.717, 1.165) is 21.3 Å². The van der Waals surface area contributed by atoms with Gasteiger partial charge in [0.1, 0.15) is 5.75 Å². The summed E-state index contributed by atoms with van der Waals surface area (Å²) in [6.45, 7) is 3.89. The van der Waals surface area contributed by atoms with Gasteiger partial charge < -0.3 is 9.30 Å². The molecule has 0 unspecified atom stereocenters. The van der Waals surface area contributed by atoms with Crippen LogP contribution in [0.3, 0.4) is 0 Å². The van der Waals surface area contributed by atoms with Crippen molar-refractivity contribution in [3.63, 3.8) is 0 Å². The third-order valence-electron chi connectivity index (χ3n) is 3.15. The van der Waals surface area contributed by atoms with Gasteiger partial charge in [0, 0.05) is 21.4 Å². The first-order valence-corrected chi connectivity index (χ1v) is 6.43. The fourth-order valence-electron chi connectivity index (χ4n) is 2.33. The number of hydrogen-bond acceptors (Lipinski definition) is 1. The lowest BCUT2D eigenvalue weighted by molar-refractivity contribution is 0.415. The second kappa shape index (κ2) is 4.18. The van der Waals surface area contributed by atoms with Crippen molar-refractivity contribution in [3.05, 3.63) is 47.4 Å². The maximum Gasteiger partial charge on any atom is 0.119 e. The average Bonchev–Trinajstić information content (AvgIpc) is 2.71. The van der Waals surface area contributed by atoms with E-state index in [9.17, 15) is 0 Å². The minimum absolute atomic E-state index is 0.866. The number of aromatic nitrogens is 1. The van der Waals surface area contributed by atoms with Crippen LogP contribution in [-0.2, 0) is 0 Å². The second-order valence-corrected chi connectivity index (χ2v) is 5.01. The van der Waals surface area contributed by atoms with Crippen LogP contribution in [0.15, 0.2) is 47.4 Å². The van der Waals surface area contributed by atoms with Crippen LogP contribution in [0.4, 0.5) is 0 Å². The Hall–Kier alpha value is -1.74. The van der Waals surface area contributed by atoms with Crippen molar-refractivity contribution in [1.29, 1.82) is 0 Å². The van der Waals surface area contributed by atoms with Crippen LogP contribution in [0.5, 0.6) is 5.75 Å². The molecule has 0 aliphatic rings. The Labute approximate surface area is 114 Å². The van der Waals surface area contributed by atoms with E-state index < -0.39 is 0 Å². The molecule has 18 heavy (non-hydrogen) atoms. The molecule has 3 rings (SSSR count). The molecule has 2 aromatic carbocycles. The SMILES string of the molecule is C=Cn1c2ccc(Br)cc2c2cc(OC)ccc21. The highest BCUT2D eigenvalue weighted by Crippen LogP contribution is 2.33. The zero-order chi connectivity index (χ0) is 12.7. The lowest BCUT2D eigenvalue weighted by Crippen LogP contribution is -1.85. The molecule has 0 fully saturated rings. The van der Waals surface area contributed by atoms with Crippen LogP contribution < -0.4 is 4.74 Å². The van der Waals surface area contributed by atoms with Gasteiger partial charge in [-0.1, -0.05) is 22.5 Å². The Kier molecular flexibility index (Phi) is 2.63. The molecule has 0 N–H and O–H groups in total. The smallest absolute Gasteiger partial charge is 0.119 e. The molecule has 0 atom stereocenters. The predicted octanol–water partition coefficient (Wildman–Crippen LogP) is 4.67. The van der Waals surface area contributed by atoms with Gasteiger partial charge in [0.2, 0.25) is 0 Å². The fraction of sp³-hybridized carbons (Fsp3) is 0.0667. The van der Waals surface area contributed by atoms with Crippen LogP contribution in [0.1, 0.15) is 0 Å². The van der Waals surface area contributed by atoms with E-state index in [0.29, 0.717) is 0 Å². The predicted molar refractivity (Wildman–Crippen MR) is 80.1 cm³/mol. The largest absolute Gasteiger partial charge is 0.497 e. The first kappa shape index (κ1) is 11.4. The number of fused-ring (bicyclic) bond motifs is 3. The number of halogens is 1. The highest BCUT2D eigenvalue weighted by atomic mass is 79.9. The second-order valence-electron chi connectivity index (χ2n) is 4.10. The molecular formula is C15H12BrNO. The van der Waals surface area contributed by atoms with Crippen LogP contribution in [0.25, 0.3) is 28.0 Å². The third-order valence-corrected chi connectivity index (χ3v) is 3.65. The van der Waals surface area contributed by atoms with Gasteiger partial charge in [0.25, 0.3) is 0 Å². The minimum atomic E-state index is 0.866. The maximum atomic E-state index is 5.30. The molecule has 0 radical (unpaired) electrons. The number of hydrogen-bond donors (Lipinski definition) is 0. The van der Waals surface area contributed by atoms with Gasteiger partial charge in [-0.15, -0.1) is 0 Å². The molecule has 0 spiro atoms. The van der Waals surface area contributed by atoms with Crippen molar-refractivity contribution in [1.82, 2.24) is 4.57 Å². The zero-order valence-corrected chi connectivity index (χ0v) is 11.6. The molecular weight excluding hydrogens is 290 g/mol. The van der Waals surface area contributed by atoms with Crippen molar-refractivity contribution < 1.29 is 4.74 Å². The van der Waals surface area contributed by atoms with Crippen LogP contribution in [0, 0.1) is 0 Å². The van der Waals surface area contributed by atoms with Gasteiger partial charge >= 0.3 is 0 Å². The summed E-state index contributed by atoms with van der Waals surface area (Å²) in [5.74, 6) is 0.866. The van der Waals surface area contributed by atoms with E-state index >= 15 is 0 Å². The van der Waals surface area contributed by atoms with E-state index in [-0.39, 0.29) is 0 Å². The molecule has 2 nitrogen and oxygen atoms in total. The van der Waals surface area contributed by atoms with E-state index in [1.807, 2.05) is 18.3 Å². The summed E-state index contributed by atoms with van der Waals surface area (Å²) < 4.78 is 8.46. The molecule has 3 heteroatoms. The lowest BCUT2D eigenvalue weighted by Gasteiger charge is -2.01. The summed E-state index contributed by atoms with van der Waals surface area (Å²) in [4.78, 5) is 0. The van der Waals surface area contributed by atoms with Gasteiger partial charge in [-0.25, -0.2) is 0 Å². The maximum absolute atomic E-state index is 5.30. The van der Waals surface area contributed by atoms with E-state index in [1.54, 1.807) is 7.11 Å². The van der Waals surface area contributed by atoms with Crippen LogP contribution in [-0.4, -0.2) is 11.7 Å². The van der Waals surface area contributed by atoms with E-state index in [1.165, 1.54) is 10.8 Å². The van der Waals surface area contributed by atoms with Crippen molar-refractivity contribution in [3.8, 4) is 5.75 Å². The molecule has 1 heterocycles. The van der Waals surface area contributed by atoms with Crippen molar-refractivity contribution in [2.45, 2.75) is 0 Å². The molecule has 3 aromatic rings. The molecule has 0 aliphatic heterocycles. The number of benzene rings is 2. The van der Waals surface area contributed by atoms with Gasteiger partial charge in [-0.05, 0) is 36.4 Å². The summed E-state index contributed by atoms with van der Waals surface area (Å²) in [5, 5.41) is 2.36. The quantitative estimate of drug-likeness (QED) is 0.671. The van der Waals surface area contributed by atoms with Gasteiger partial charge in [0.05, 0.1) is 18.1 Å². The van der Waals surface area contributed by atoms with Gasteiger partial charge in [-0.3, -0.25) is 0 Å². The summed E-state index contributed by atoms with van der Waals surface area (Å²) in [6, 6.07) is 12.3. The summed E-state index contributed by atoms with van der Waals surface area (Å²) in [5.41, 5.74) is 2.29. The summed E-state index contributed by atoms with van der Waals surface area (Å²) >= 11 is 3.52. The standard InChI is InChI=1S/C15H12BrNO/c1-3-17-14-6-4-10(16)8-12(14)13-9-11(18-2)5-7-15(13)17/h3-9H,1H2,2H3. The Morgan fingerprint density at radius 2 is 1.78 bits per heavy atom. The van der Waals surface area contributed by atoms with Crippen molar-refractivity contribution >= 4 is 43.9 Å². The monoisotopic (exact) mass is 301 g/mol. The fourth-order valence-corrected chi connectivity index (χ4v) is 2.69. The zero-order valence-electron chi connectivity index (χ0n) is 9.98. The Balaban J connectivity index is 2.53. The highest BCUT2D eigenvalue weighted by molar-refractivity contribution is 9.10. The van der Waals surface area contributed by atoms with Gasteiger partial charge in [-0.2, -0.15) is 0 Å². The van der Waals surface area contributed by atoms with Crippen LogP contribution in [0.2, 0.25) is 0 Å². The van der Waals surface area contributed by atoms with Crippen molar-refractivity contribution in [2.75, 3.05) is 7.11 Å². The number of rotatable bonds is 2. The lowest BCUT2D eigenvalue weighted by atomic mass is 10.1. The Bertz CT molecular complexity index is 758. The molecule has 0 saturated carbocycles. The first-order valence-electron chi connectivity index (χ1n) is 5.64. The van der Waals surface area contributed by atoms with Gasteiger partial charge in [0.15, 0.2) is 0 Å². The van der Waals surface area contributed by atoms with E-state index in [2.05, 4.69) is 51.3 Å². The van der Waals surface area contributed by atoms with Crippen LogP contribution >= 0.6 is 15.9 Å². The Morgan fingerprint density at radius 3 is 2.44 bits per heavy atom.